The number of aryl methyl sites for hydroxylation is 2. The molecule has 0 atom stereocenters. The van der Waals surface area contributed by atoms with Gasteiger partial charge in [-0.1, -0.05) is 0 Å². The molecule has 0 radical (unpaired) electrons. The van der Waals surface area contributed by atoms with E-state index >= 15 is 0 Å². The quantitative estimate of drug-likeness (QED) is 0.696. The summed E-state index contributed by atoms with van der Waals surface area (Å²) in [6.07, 6.45) is 6.01. The van der Waals surface area contributed by atoms with E-state index in [1.807, 2.05) is 24.4 Å². The van der Waals surface area contributed by atoms with Gasteiger partial charge >= 0.3 is 0 Å². The van der Waals surface area contributed by atoms with E-state index in [0.717, 1.165) is 24.2 Å². The van der Waals surface area contributed by atoms with Crippen LogP contribution < -0.4 is 5.43 Å². The van der Waals surface area contributed by atoms with E-state index in [2.05, 4.69) is 10.5 Å². The molecule has 0 aliphatic heterocycles. The highest BCUT2D eigenvalue weighted by Crippen LogP contribution is 2.30. The molecule has 5 heteroatoms. The molecule has 0 spiro atoms. The number of carbonyl (C=O) groups is 1. The molecule has 20 heavy (non-hydrogen) atoms. The molecule has 1 amide bonds. The molecule has 2 aromatic heterocycles. The minimum Gasteiger partial charge on any atom is -0.460 e. The summed E-state index contributed by atoms with van der Waals surface area (Å²) in [5, 5.41) is 5.89. The Morgan fingerprint density at radius 1 is 1.40 bits per heavy atom. The van der Waals surface area contributed by atoms with Gasteiger partial charge in [0.05, 0.1) is 11.8 Å². The van der Waals surface area contributed by atoms with Gasteiger partial charge in [0.2, 0.25) is 0 Å². The first-order valence-corrected chi connectivity index (χ1v) is 7.61. The van der Waals surface area contributed by atoms with Crippen molar-refractivity contribution in [1.82, 2.24) is 5.43 Å². The van der Waals surface area contributed by atoms with Crippen molar-refractivity contribution in [2.24, 2.45) is 5.10 Å². The maximum Gasteiger partial charge on any atom is 0.272 e. The minimum absolute atomic E-state index is 0.135. The summed E-state index contributed by atoms with van der Waals surface area (Å²) >= 11 is 1.68. The molecule has 4 nitrogen and oxygen atoms in total. The van der Waals surface area contributed by atoms with Crippen LogP contribution in [0.1, 0.15) is 45.2 Å². The number of rotatable bonds is 3. The van der Waals surface area contributed by atoms with Gasteiger partial charge in [0.25, 0.3) is 5.91 Å². The maximum atomic E-state index is 12.1. The second kappa shape index (κ2) is 5.63. The summed E-state index contributed by atoms with van der Waals surface area (Å²) in [6.45, 7) is 1.87. The van der Waals surface area contributed by atoms with Crippen LogP contribution in [0.5, 0.6) is 0 Å². The highest BCUT2D eigenvalue weighted by atomic mass is 32.1. The number of nitrogens with one attached hydrogen (secondary N) is 1. The van der Waals surface area contributed by atoms with E-state index in [0.29, 0.717) is 5.76 Å². The van der Waals surface area contributed by atoms with Crippen LogP contribution in [-0.4, -0.2) is 12.1 Å². The molecule has 104 valence electrons. The summed E-state index contributed by atoms with van der Waals surface area (Å²) in [7, 11) is 0. The van der Waals surface area contributed by atoms with Gasteiger partial charge in [-0.15, -0.1) is 11.3 Å². The molecular weight excluding hydrogens is 272 g/mol. The number of hydrogen-bond donors (Lipinski definition) is 1. The monoisotopic (exact) mass is 288 g/mol. The first kappa shape index (κ1) is 13.1. The van der Waals surface area contributed by atoms with Gasteiger partial charge in [0.15, 0.2) is 0 Å². The lowest BCUT2D eigenvalue weighted by atomic mass is 9.96. The zero-order valence-corrected chi connectivity index (χ0v) is 12.1. The topological polar surface area (TPSA) is 54.6 Å². The van der Waals surface area contributed by atoms with Crippen LogP contribution in [0.15, 0.2) is 27.0 Å². The van der Waals surface area contributed by atoms with Crippen LogP contribution >= 0.6 is 11.3 Å². The van der Waals surface area contributed by atoms with Crippen molar-refractivity contribution in [3.05, 3.63) is 45.0 Å². The third-order valence-corrected chi connectivity index (χ3v) is 4.51. The van der Waals surface area contributed by atoms with Crippen LogP contribution in [0.2, 0.25) is 0 Å². The van der Waals surface area contributed by atoms with Crippen molar-refractivity contribution in [3.63, 3.8) is 0 Å². The molecule has 0 bridgehead atoms. The number of thiophene rings is 1. The van der Waals surface area contributed by atoms with Gasteiger partial charge in [0.1, 0.15) is 11.5 Å². The predicted octanol–water partition coefficient (Wildman–Crippen LogP) is 3.29. The van der Waals surface area contributed by atoms with Crippen LogP contribution in [-0.2, 0) is 12.8 Å². The molecule has 0 saturated heterocycles. The van der Waals surface area contributed by atoms with E-state index in [1.165, 1.54) is 29.5 Å². The molecule has 3 rings (SSSR count). The minimum atomic E-state index is -0.135. The Bertz CT molecular complexity index is 655. The Kier molecular flexibility index (Phi) is 3.69. The zero-order chi connectivity index (χ0) is 13.9. The van der Waals surface area contributed by atoms with Crippen LogP contribution in [0.25, 0.3) is 0 Å². The first-order chi connectivity index (χ1) is 9.74. The molecule has 0 unspecified atom stereocenters. The summed E-state index contributed by atoms with van der Waals surface area (Å²) in [5.41, 5.74) is 4.56. The standard InChI is InChI=1S/C15H16N2O2S/c1-10-6-7-11(19-10)8-16-17-15(18)13-9-20-14-5-3-2-4-12(13)14/h6-9H,2-5H2,1H3,(H,17,18)/b16-8+. The summed E-state index contributed by atoms with van der Waals surface area (Å²) in [5.74, 6) is 1.32. The lowest BCUT2D eigenvalue weighted by Crippen LogP contribution is -2.19. The molecular formula is C15H16N2O2S. The van der Waals surface area contributed by atoms with Crippen LogP contribution in [0, 0.1) is 6.92 Å². The van der Waals surface area contributed by atoms with Crippen molar-refractivity contribution in [1.29, 1.82) is 0 Å². The maximum absolute atomic E-state index is 12.1. The van der Waals surface area contributed by atoms with Crippen LogP contribution in [0.4, 0.5) is 0 Å². The fourth-order valence-electron chi connectivity index (χ4n) is 2.42. The number of hydrazone groups is 1. The summed E-state index contributed by atoms with van der Waals surface area (Å²) < 4.78 is 5.35. The third-order valence-electron chi connectivity index (χ3n) is 3.43. The molecule has 1 aliphatic carbocycles. The van der Waals surface area contributed by atoms with E-state index < -0.39 is 0 Å². The summed E-state index contributed by atoms with van der Waals surface area (Å²) in [6, 6.07) is 3.68. The largest absolute Gasteiger partial charge is 0.460 e. The third kappa shape index (κ3) is 2.67. The average molecular weight is 288 g/mol. The van der Waals surface area contributed by atoms with Crippen LogP contribution in [0.3, 0.4) is 0 Å². The smallest absolute Gasteiger partial charge is 0.272 e. The number of carbonyl (C=O) groups excluding carboxylic acids is 1. The molecule has 2 aromatic rings. The molecule has 1 N–H and O–H groups in total. The second-order valence-corrected chi connectivity index (χ2v) is 5.87. The SMILES string of the molecule is Cc1ccc(/C=N/NC(=O)c2csc3c2CCCC3)o1. The summed E-state index contributed by atoms with van der Waals surface area (Å²) in [4.78, 5) is 13.5. The molecule has 0 aromatic carbocycles. The number of amides is 1. The lowest BCUT2D eigenvalue weighted by Gasteiger charge is -2.11. The van der Waals surface area contributed by atoms with Gasteiger partial charge in [-0.3, -0.25) is 4.79 Å². The fourth-order valence-corrected chi connectivity index (χ4v) is 3.55. The Morgan fingerprint density at radius 3 is 3.05 bits per heavy atom. The Labute approximate surface area is 121 Å². The molecule has 2 heterocycles. The first-order valence-electron chi connectivity index (χ1n) is 6.73. The zero-order valence-electron chi connectivity index (χ0n) is 11.3. The molecule has 0 saturated carbocycles. The van der Waals surface area contributed by atoms with E-state index in [1.54, 1.807) is 11.3 Å². The Hall–Kier alpha value is -1.88. The Balaban J connectivity index is 1.67. The number of furan rings is 1. The van der Waals surface area contributed by atoms with Gasteiger partial charge < -0.3 is 4.42 Å². The van der Waals surface area contributed by atoms with Gasteiger partial charge in [-0.25, -0.2) is 5.43 Å². The normalized spacial score (nSPS) is 14.4. The van der Waals surface area contributed by atoms with E-state index in [9.17, 15) is 4.79 Å². The number of fused-ring (bicyclic) bond motifs is 1. The van der Waals surface area contributed by atoms with Crippen molar-refractivity contribution >= 4 is 23.5 Å². The number of nitrogens with zero attached hydrogens (tertiary/aromatic N) is 1. The second-order valence-electron chi connectivity index (χ2n) is 4.91. The van der Waals surface area contributed by atoms with E-state index in [-0.39, 0.29) is 5.91 Å². The molecule has 0 fully saturated rings. The number of hydrogen-bond acceptors (Lipinski definition) is 4. The van der Waals surface area contributed by atoms with Crippen molar-refractivity contribution in [3.8, 4) is 0 Å². The van der Waals surface area contributed by atoms with Crippen molar-refractivity contribution in [2.45, 2.75) is 32.6 Å². The highest BCUT2D eigenvalue weighted by molar-refractivity contribution is 7.10. The Morgan fingerprint density at radius 2 is 2.25 bits per heavy atom. The predicted molar refractivity (Wildman–Crippen MR) is 79.5 cm³/mol. The van der Waals surface area contributed by atoms with Crippen molar-refractivity contribution in [2.75, 3.05) is 0 Å². The van der Waals surface area contributed by atoms with Gasteiger partial charge in [-0.05, 0) is 50.3 Å². The fraction of sp³-hybridized carbons (Fsp3) is 0.333. The van der Waals surface area contributed by atoms with Gasteiger partial charge in [-0.2, -0.15) is 5.10 Å². The molecule has 1 aliphatic rings. The van der Waals surface area contributed by atoms with Gasteiger partial charge in [0, 0.05) is 10.3 Å². The van der Waals surface area contributed by atoms with E-state index in [4.69, 9.17) is 4.42 Å². The highest BCUT2D eigenvalue weighted by Gasteiger charge is 2.19. The average Bonchev–Trinajstić information content (AvgIpc) is 3.05. The van der Waals surface area contributed by atoms with Crippen molar-refractivity contribution < 1.29 is 9.21 Å². The lowest BCUT2D eigenvalue weighted by molar-refractivity contribution is 0.0954.